The molecule has 0 radical (unpaired) electrons. The van der Waals surface area contributed by atoms with Crippen LogP contribution in [0.4, 0.5) is 11.5 Å². The summed E-state index contributed by atoms with van der Waals surface area (Å²) in [7, 11) is 0. The summed E-state index contributed by atoms with van der Waals surface area (Å²) in [5.74, 6) is 0.0813. The van der Waals surface area contributed by atoms with Crippen molar-refractivity contribution in [2.24, 2.45) is 0 Å². The molecule has 0 saturated carbocycles. The Kier molecular flexibility index (Phi) is 2.26. The maximum absolute atomic E-state index is 11.3. The molecule has 0 atom stereocenters. The van der Waals surface area contributed by atoms with E-state index in [2.05, 4.69) is 0 Å². The Morgan fingerprint density at radius 1 is 1.19 bits per heavy atom. The van der Waals surface area contributed by atoms with Crippen LogP contribution in [-0.4, -0.2) is 33.0 Å². The van der Waals surface area contributed by atoms with Crippen LogP contribution in [0.25, 0.3) is 0 Å². The molecule has 2 rings (SSSR count). The van der Waals surface area contributed by atoms with E-state index < -0.39 is 11.2 Å². The number of hydrogen-bond acceptors (Lipinski definition) is 6. The van der Waals surface area contributed by atoms with E-state index >= 15 is 0 Å². The average Bonchev–Trinajstić information content (AvgIpc) is 2.77. The van der Waals surface area contributed by atoms with Gasteiger partial charge in [-0.05, 0) is 12.8 Å². The molecule has 0 spiro atoms. The van der Waals surface area contributed by atoms with Crippen molar-refractivity contribution >= 4 is 11.5 Å². The Bertz CT molecular complexity index is 488. The summed E-state index contributed by atoms with van der Waals surface area (Å²) in [6.45, 7) is 1.33. The lowest BCUT2D eigenvalue weighted by Crippen LogP contribution is -2.42. The van der Waals surface area contributed by atoms with Crippen LogP contribution >= 0.6 is 0 Å². The number of nitrogens with zero attached hydrogens (tertiary/aromatic N) is 3. The summed E-state index contributed by atoms with van der Waals surface area (Å²) < 4.78 is 0.285. The van der Waals surface area contributed by atoms with Crippen molar-refractivity contribution < 1.29 is 10.4 Å². The summed E-state index contributed by atoms with van der Waals surface area (Å²) in [6.07, 6.45) is 1.88. The van der Waals surface area contributed by atoms with Crippen LogP contribution in [0.3, 0.4) is 0 Å². The van der Waals surface area contributed by atoms with E-state index in [0.717, 1.165) is 12.8 Å². The monoisotopic (exact) mass is 227 g/mol. The smallest absolute Gasteiger partial charge is 0.397 e. The lowest BCUT2D eigenvalue weighted by Gasteiger charge is -2.21. The minimum atomic E-state index is -1.10. The normalized spacial score (nSPS) is 15.6. The third-order valence-corrected chi connectivity index (χ3v) is 2.68. The van der Waals surface area contributed by atoms with Crippen molar-refractivity contribution in [3.8, 4) is 0 Å². The first-order valence-electron chi connectivity index (χ1n) is 4.89. The predicted molar refractivity (Wildman–Crippen MR) is 54.8 cm³/mol. The van der Waals surface area contributed by atoms with E-state index in [-0.39, 0.29) is 21.0 Å². The fraction of sp³-hybridized carbons (Fsp3) is 0.500. The van der Waals surface area contributed by atoms with E-state index in [1.54, 1.807) is 4.90 Å². The van der Waals surface area contributed by atoms with Gasteiger partial charge in [0.15, 0.2) is 11.3 Å². The van der Waals surface area contributed by atoms with Gasteiger partial charge in [0.2, 0.25) is 0 Å². The van der Waals surface area contributed by atoms with Gasteiger partial charge in [-0.2, -0.15) is 0 Å². The molecule has 0 aliphatic carbocycles. The molecule has 2 heterocycles. The number of rotatable bonds is 1. The minimum Gasteiger partial charge on any atom is -0.422 e. The molecule has 88 valence electrons. The van der Waals surface area contributed by atoms with Gasteiger partial charge in [0.25, 0.3) is 0 Å². The van der Waals surface area contributed by atoms with Crippen LogP contribution in [-0.2, 0) is 0 Å². The van der Waals surface area contributed by atoms with Crippen molar-refractivity contribution in [1.29, 1.82) is 5.41 Å². The van der Waals surface area contributed by atoms with Gasteiger partial charge in [-0.25, -0.2) is 4.79 Å². The van der Waals surface area contributed by atoms with Crippen LogP contribution in [0.15, 0.2) is 4.79 Å². The van der Waals surface area contributed by atoms with Crippen molar-refractivity contribution in [2.75, 3.05) is 23.7 Å². The Balaban J connectivity index is 2.69. The number of nitrogens with two attached hydrogens (primary N) is 1. The summed E-state index contributed by atoms with van der Waals surface area (Å²) >= 11 is 0. The highest BCUT2D eigenvalue weighted by Gasteiger charge is 2.22. The predicted octanol–water partition coefficient (Wildman–Crippen LogP) is -1.21. The van der Waals surface area contributed by atoms with Gasteiger partial charge in [0.1, 0.15) is 5.69 Å². The third kappa shape index (κ3) is 1.30. The Hall–Kier alpha value is -2.12. The van der Waals surface area contributed by atoms with Gasteiger partial charge in [-0.15, -0.1) is 9.46 Å². The van der Waals surface area contributed by atoms with Gasteiger partial charge in [0.05, 0.1) is 0 Å². The number of nitrogens with one attached hydrogen (secondary N) is 1. The molecular weight excluding hydrogens is 214 g/mol. The maximum Gasteiger partial charge on any atom is 0.397 e. The number of aromatic nitrogens is 2. The van der Waals surface area contributed by atoms with Gasteiger partial charge in [-0.1, -0.05) is 0 Å². The van der Waals surface area contributed by atoms with Gasteiger partial charge < -0.3 is 21.0 Å². The van der Waals surface area contributed by atoms with E-state index in [1.807, 2.05) is 0 Å². The lowest BCUT2D eigenvalue weighted by molar-refractivity contribution is 0.102. The number of nitrogen functional groups attached to an aromatic ring is 1. The first kappa shape index (κ1) is 10.4. The maximum atomic E-state index is 11.3. The van der Waals surface area contributed by atoms with E-state index in [1.165, 1.54) is 0 Å². The highest BCUT2D eigenvalue weighted by molar-refractivity contribution is 5.61. The fourth-order valence-corrected chi connectivity index (χ4v) is 1.84. The van der Waals surface area contributed by atoms with Crippen LogP contribution in [0.2, 0.25) is 0 Å². The highest BCUT2D eigenvalue weighted by Crippen LogP contribution is 2.21. The molecule has 0 bridgehead atoms. The van der Waals surface area contributed by atoms with Gasteiger partial charge in [0, 0.05) is 13.1 Å². The molecule has 5 N–H and O–H groups in total. The summed E-state index contributed by atoms with van der Waals surface area (Å²) in [5, 5.41) is 26.2. The van der Waals surface area contributed by atoms with Crippen LogP contribution < -0.4 is 21.8 Å². The van der Waals surface area contributed by atoms with Gasteiger partial charge >= 0.3 is 5.69 Å². The summed E-state index contributed by atoms with van der Waals surface area (Å²) in [4.78, 5) is 13.1. The molecule has 0 amide bonds. The van der Waals surface area contributed by atoms with Crippen LogP contribution in [0.5, 0.6) is 0 Å². The Morgan fingerprint density at radius 3 is 2.31 bits per heavy atom. The van der Waals surface area contributed by atoms with Crippen LogP contribution in [0, 0.1) is 5.41 Å². The molecule has 16 heavy (non-hydrogen) atoms. The molecular formula is C8H13N5O3. The van der Waals surface area contributed by atoms with Crippen molar-refractivity contribution in [3.63, 3.8) is 0 Å². The molecule has 8 heteroatoms. The van der Waals surface area contributed by atoms with Crippen molar-refractivity contribution in [2.45, 2.75) is 12.8 Å². The third-order valence-electron chi connectivity index (χ3n) is 2.68. The Morgan fingerprint density at radius 2 is 1.75 bits per heavy atom. The fourth-order valence-electron chi connectivity index (χ4n) is 1.84. The summed E-state index contributed by atoms with van der Waals surface area (Å²) in [6, 6.07) is 0. The lowest BCUT2D eigenvalue weighted by atomic mass is 10.4. The molecule has 0 aromatic carbocycles. The SMILES string of the molecule is N=c1c(N)c(N2CCCC2)n(O)c(=O)n1O. The van der Waals surface area contributed by atoms with E-state index in [0.29, 0.717) is 13.1 Å². The molecule has 8 nitrogen and oxygen atoms in total. The molecule has 1 aromatic rings. The van der Waals surface area contributed by atoms with Crippen LogP contribution in [0.1, 0.15) is 12.8 Å². The quantitative estimate of drug-likeness (QED) is 0.448. The van der Waals surface area contributed by atoms with Crippen molar-refractivity contribution in [3.05, 3.63) is 16.0 Å². The largest absolute Gasteiger partial charge is 0.422 e. The molecule has 1 aliphatic rings. The molecule has 1 aromatic heterocycles. The number of hydrogen-bond donors (Lipinski definition) is 4. The van der Waals surface area contributed by atoms with Gasteiger partial charge in [-0.3, -0.25) is 5.41 Å². The van der Waals surface area contributed by atoms with Crippen molar-refractivity contribution in [1.82, 2.24) is 9.46 Å². The molecule has 1 saturated heterocycles. The first-order valence-corrected chi connectivity index (χ1v) is 4.89. The molecule has 1 aliphatic heterocycles. The zero-order valence-electron chi connectivity index (χ0n) is 8.55. The second-order valence-corrected chi connectivity index (χ2v) is 3.69. The minimum absolute atomic E-state index is 0.00883. The number of anilines is 2. The molecule has 1 fully saturated rings. The second-order valence-electron chi connectivity index (χ2n) is 3.69. The zero-order valence-corrected chi connectivity index (χ0v) is 8.55. The Labute approximate surface area is 90.2 Å². The second kappa shape index (κ2) is 3.47. The standard InChI is InChI=1S/C8H13N5O3/c9-5-6(10)12(15)8(14)13(16)7(5)11-3-1-2-4-11/h10,15-16H,1-4,9H2. The topological polar surface area (TPSA) is 121 Å². The first-order chi connectivity index (χ1) is 7.54. The average molecular weight is 227 g/mol. The van der Waals surface area contributed by atoms with E-state index in [9.17, 15) is 15.2 Å². The molecule has 0 unspecified atom stereocenters. The summed E-state index contributed by atoms with van der Waals surface area (Å²) in [5.41, 5.74) is 3.87. The zero-order chi connectivity index (χ0) is 11.9. The highest BCUT2D eigenvalue weighted by atomic mass is 16.5. The van der Waals surface area contributed by atoms with E-state index in [4.69, 9.17) is 11.1 Å².